The van der Waals surface area contributed by atoms with E-state index in [4.69, 9.17) is 10.5 Å². The van der Waals surface area contributed by atoms with Gasteiger partial charge in [0.25, 0.3) is 0 Å². The topological polar surface area (TPSA) is 55.6 Å². The molecule has 21 heavy (non-hydrogen) atoms. The van der Waals surface area contributed by atoms with Crippen LogP contribution in [0.15, 0.2) is 18.2 Å². The second-order valence-corrected chi connectivity index (χ2v) is 5.47. The molecule has 116 valence electrons. The van der Waals surface area contributed by atoms with Gasteiger partial charge in [0.05, 0.1) is 19.1 Å². The van der Waals surface area contributed by atoms with Crippen molar-refractivity contribution in [1.29, 1.82) is 0 Å². The maximum Gasteiger partial charge on any atom is 0.227 e. The number of nitrogens with zero attached hydrogens (tertiary/aromatic N) is 1. The van der Waals surface area contributed by atoms with Crippen LogP contribution < -0.4 is 5.73 Å². The lowest BCUT2D eigenvalue weighted by atomic mass is 10.0. The number of benzene rings is 1. The Labute approximate surface area is 122 Å². The Morgan fingerprint density at radius 1 is 1.38 bits per heavy atom. The van der Waals surface area contributed by atoms with Crippen molar-refractivity contribution in [3.05, 3.63) is 35.4 Å². The lowest BCUT2D eigenvalue weighted by Crippen LogP contribution is -2.47. The van der Waals surface area contributed by atoms with Crippen LogP contribution in [0.1, 0.15) is 25.5 Å². The minimum absolute atomic E-state index is 0.0408. The molecule has 0 bridgehead atoms. The fourth-order valence-corrected chi connectivity index (χ4v) is 2.28. The van der Waals surface area contributed by atoms with Crippen LogP contribution in [0.3, 0.4) is 0 Å². The third kappa shape index (κ3) is 3.57. The lowest BCUT2D eigenvalue weighted by molar-refractivity contribution is -0.143. The first kappa shape index (κ1) is 15.9. The highest BCUT2D eigenvalue weighted by molar-refractivity contribution is 5.79. The summed E-state index contributed by atoms with van der Waals surface area (Å²) in [6, 6.07) is 3.43. The first-order valence-corrected chi connectivity index (χ1v) is 7.01. The number of hydrogen-bond acceptors (Lipinski definition) is 3. The number of hydrogen-bond donors (Lipinski definition) is 1. The molecule has 0 saturated carbocycles. The Kier molecular flexibility index (Phi) is 4.90. The van der Waals surface area contributed by atoms with E-state index in [0.29, 0.717) is 25.3 Å². The van der Waals surface area contributed by atoms with Crippen molar-refractivity contribution in [3.8, 4) is 0 Å². The van der Waals surface area contributed by atoms with Gasteiger partial charge in [0.1, 0.15) is 6.10 Å². The number of carbonyl (C=O) groups excluding carboxylic acids is 1. The average molecular weight is 298 g/mol. The number of rotatable bonds is 3. The van der Waals surface area contributed by atoms with Gasteiger partial charge in [0.2, 0.25) is 5.91 Å². The Morgan fingerprint density at radius 3 is 2.71 bits per heavy atom. The Balaban J connectivity index is 2.10. The molecule has 2 N–H and O–H groups in total. The van der Waals surface area contributed by atoms with Crippen molar-refractivity contribution < 1.29 is 18.3 Å². The van der Waals surface area contributed by atoms with Gasteiger partial charge in [-0.1, -0.05) is 13.0 Å². The summed E-state index contributed by atoms with van der Waals surface area (Å²) >= 11 is 0. The van der Waals surface area contributed by atoms with E-state index in [-0.39, 0.29) is 17.9 Å². The first-order valence-electron chi connectivity index (χ1n) is 7.01. The molecule has 1 amide bonds. The SMILES string of the molecule is CC(N)C(C)C(=O)N1CCOC(c2ccc(F)c(F)c2)C1. The van der Waals surface area contributed by atoms with E-state index in [0.717, 1.165) is 12.1 Å². The minimum Gasteiger partial charge on any atom is -0.370 e. The molecule has 1 aromatic rings. The van der Waals surface area contributed by atoms with Crippen molar-refractivity contribution in [3.63, 3.8) is 0 Å². The van der Waals surface area contributed by atoms with Crippen molar-refractivity contribution in [2.24, 2.45) is 11.7 Å². The van der Waals surface area contributed by atoms with Crippen LogP contribution in [-0.4, -0.2) is 36.5 Å². The van der Waals surface area contributed by atoms with E-state index in [1.807, 2.05) is 0 Å². The molecule has 6 heteroatoms. The predicted molar refractivity (Wildman–Crippen MR) is 74.4 cm³/mol. The van der Waals surface area contributed by atoms with Gasteiger partial charge in [-0.2, -0.15) is 0 Å². The molecule has 1 heterocycles. The summed E-state index contributed by atoms with van der Waals surface area (Å²) in [7, 11) is 0. The smallest absolute Gasteiger partial charge is 0.227 e. The molecule has 3 atom stereocenters. The standard InChI is InChI=1S/C15H20F2N2O2/c1-9(10(2)18)15(20)19-5-6-21-14(8-19)11-3-4-12(16)13(17)7-11/h3-4,7,9-10,14H,5-6,8,18H2,1-2H3. The van der Waals surface area contributed by atoms with Gasteiger partial charge in [0, 0.05) is 12.6 Å². The Hall–Kier alpha value is -1.53. The number of amides is 1. The molecule has 0 spiro atoms. The van der Waals surface area contributed by atoms with Gasteiger partial charge in [-0.05, 0) is 24.6 Å². The molecule has 0 radical (unpaired) electrons. The van der Waals surface area contributed by atoms with Gasteiger partial charge in [-0.25, -0.2) is 8.78 Å². The van der Waals surface area contributed by atoms with E-state index < -0.39 is 17.7 Å². The normalized spacial score (nSPS) is 22.0. The zero-order chi connectivity index (χ0) is 15.6. The lowest BCUT2D eigenvalue weighted by Gasteiger charge is -2.35. The van der Waals surface area contributed by atoms with Gasteiger partial charge in [-0.3, -0.25) is 4.79 Å². The van der Waals surface area contributed by atoms with E-state index in [2.05, 4.69) is 0 Å². The molecule has 1 saturated heterocycles. The number of ether oxygens (including phenoxy) is 1. The largest absolute Gasteiger partial charge is 0.370 e. The van der Waals surface area contributed by atoms with Gasteiger partial charge < -0.3 is 15.4 Å². The highest BCUT2D eigenvalue weighted by Gasteiger charge is 2.29. The maximum absolute atomic E-state index is 13.3. The van der Waals surface area contributed by atoms with E-state index in [9.17, 15) is 13.6 Å². The molecule has 0 aromatic heterocycles. The van der Waals surface area contributed by atoms with Crippen molar-refractivity contribution in [2.45, 2.75) is 26.0 Å². The molecule has 1 aliphatic rings. The summed E-state index contributed by atoms with van der Waals surface area (Å²) in [5.41, 5.74) is 6.28. The zero-order valence-corrected chi connectivity index (χ0v) is 12.2. The number of halogens is 2. The summed E-state index contributed by atoms with van der Waals surface area (Å²) in [6.45, 7) is 4.74. The van der Waals surface area contributed by atoms with Gasteiger partial charge in [0.15, 0.2) is 11.6 Å². The number of nitrogens with two attached hydrogens (primary N) is 1. The van der Waals surface area contributed by atoms with Gasteiger partial charge >= 0.3 is 0 Å². The van der Waals surface area contributed by atoms with Crippen molar-refractivity contribution in [1.82, 2.24) is 4.90 Å². The number of morpholine rings is 1. The minimum atomic E-state index is -0.913. The van der Waals surface area contributed by atoms with Crippen LogP contribution in [0.4, 0.5) is 8.78 Å². The van der Waals surface area contributed by atoms with Crippen LogP contribution in [0, 0.1) is 17.6 Å². The van der Waals surface area contributed by atoms with E-state index in [1.165, 1.54) is 6.07 Å². The number of carbonyl (C=O) groups is 1. The third-order valence-corrected chi connectivity index (χ3v) is 3.87. The zero-order valence-electron chi connectivity index (χ0n) is 12.2. The van der Waals surface area contributed by atoms with Crippen molar-refractivity contribution in [2.75, 3.05) is 19.7 Å². The van der Waals surface area contributed by atoms with Gasteiger partial charge in [-0.15, -0.1) is 0 Å². The molecule has 4 nitrogen and oxygen atoms in total. The highest BCUT2D eigenvalue weighted by atomic mass is 19.2. The van der Waals surface area contributed by atoms with E-state index >= 15 is 0 Å². The summed E-state index contributed by atoms with van der Waals surface area (Å²) in [5.74, 6) is -2.13. The van der Waals surface area contributed by atoms with Crippen LogP contribution in [0.5, 0.6) is 0 Å². The monoisotopic (exact) mass is 298 g/mol. The quantitative estimate of drug-likeness (QED) is 0.926. The molecule has 1 aromatic carbocycles. The molecule has 3 unspecified atom stereocenters. The second kappa shape index (κ2) is 6.49. The van der Waals surface area contributed by atoms with Crippen LogP contribution in [-0.2, 0) is 9.53 Å². The third-order valence-electron chi connectivity index (χ3n) is 3.87. The van der Waals surface area contributed by atoms with Crippen molar-refractivity contribution >= 4 is 5.91 Å². The molecule has 1 fully saturated rings. The molecular formula is C15H20F2N2O2. The molecular weight excluding hydrogens is 278 g/mol. The summed E-state index contributed by atoms with van der Waals surface area (Å²) < 4.78 is 31.8. The van der Waals surface area contributed by atoms with Crippen LogP contribution in [0.25, 0.3) is 0 Å². The summed E-state index contributed by atoms with van der Waals surface area (Å²) in [4.78, 5) is 14.0. The fraction of sp³-hybridized carbons (Fsp3) is 0.533. The molecule has 2 rings (SSSR count). The predicted octanol–water partition coefficient (Wildman–Crippen LogP) is 1.85. The summed E-state index contributed by atoms with van der Waals surface area (Å²) in [6.07, 6.45) is -0.446. The second-order valence-electron chi connectivity index (χ2n) is 5.47. The molecule has 0 aliphatic carbocycles. The Morgan fingerprint density at radius 2 is 2.10 bits per heavy atom. The maximum atomic E-state index is 13.3. The first-order chi connectivity index (χ1) is 9.90. The molecule has 1 aliphatic heterocycles. The van der Waals surface area contributed by atoms with E-state index in [1.54, 1.807) is 18.7 Å². The average Bonchev–Trinajstić information content (AvgIpc) is 2.48. The fourth-order valence-electron chi connectivity index (χ4n) is 2.28. The Bertz CT molecular complexity index is 522. The summed E-state index contributed by atoms with van der Waals surface area (Å²) in [5, 5.41) is 0. The highest BCUT2D eigenvalue weighted by Crippen LogP contribution is 2.24. The van der Waals surface area contributed by atoms with Crippen LogP contribution in [0.2, 0.25) is 0 Å². The van der Waals surface area contributed by atoms with Crippen LogP contribution >= 0.6 is 0 Å².